The van der Waals surface area contributed by atoms with E-state index < -0.39 is 29.8 Å². The Balaban J connectivity index is 1.81. The third-order valence-corrected chi connectivity index (χ3v) is 5.23. The largest absolute Gasteiger partial charge is 0.467 e. The first kappa shape index (κ1) is 24.1. The third kappa shape index (κ3) is 6.25. The molecule has 1 atom stereocenters. The topological polar surface area (TPSA) is 94.2 Å². The second-order valence-electron chi connectivity index (χ2n) is 8.97. The van der Waals surface area contributed by atoms with E-state index in [4.69, 9.17) is 14.2 Å². The average Bonchev–Trinajstić information content (AvgIpc) is 2.76. The van der Waals surface area contributed by atoms with Crippen LogP contribution in [-0.2, 0) is 38.6 Å². The Kier molecular flexibility index (Phi) is 7.26. The van der Waals surface area contributed by atoms with Gasteiger partial charge in [-0.1, -0.05) is 36.4 Å². The maximum atomic E-state index is 12.9. The molecule has 1 heterocycles. The van der Waals surface area contributed by atoms with Crippen LogP contribution in [0.15, 0.2) is 42.5 Å². The molecule has 2 aromatic rings. The van der Waals surface area contributed by atoms with Gasteiger partial charge >= 0.3 is 18.2 Å². The maximum absolute atomic E-state index is 12.9. The lowest BCUT2D eigenvalue weighted by atomic mass is 9.92. The second-order valence-corrected chi connectivity index (χ2v) is 8.97. The number of nitrogens with one attached hydrogen (secondary N) is 1. The number of ether oxygens (including phenoxy) is 3. The minimum Gasteiger partial charge on any atom is -0.467 e. The van der Waals surface area contributed by atoms with Crippen LogP contribution in [0.1, 0.15) is 43.0 Å². The molecule has 8 nitrogen and oxygen atoms in total. The van der Waals surface area contributed by atoms with Crippen LogP contribution in [-0.4, -0.2) is 41.8 Å². The van der Waals surface area contributed by atoms with E-state index in [9.17, 15) is 14.4 Å². The molecule has 8 heteroatoms. The van der Waals surface area contributed by atoms with Gasteiger partial charge in [0.2, 0.25) is 0 Å². The van der Waals surface area contributed by atoms with E-state index in [1.165, 1.54) is 12.0 Å². The number of methoxy groups -OCH3 is 1. The zero-order valence-electron chi connectivity index (χ0n) is 19.6. The van der Waals surface area contributed by atoms with Gasteiger partial charge < -0.3 is 14.2 Å². The van der Waals surface area contributed by atoms with Gasteiger partial charge in [-0.3, -0.25) is 10.2 Å². The van der Waals surface area contributed by atoms with Crippen molar-refractivity contribution in [3.63, 3.8) is 0 Å². The number of fused-ring (bicyclic) bond motifs is 1. The first-order chi connectivity index (χ1) is 15.6. The molecular weight excluding hydrogens is 424 g/mol. The Morgan fingerprint density at radius 3 is 2.42 bits per heavy atom. The molecule has 0 aliphatic carbocycles. The van der Waals surface area contributed by atoms with Crippen LogP contribution < -0.4 is 5.32 Å². The predicted octanol–water partition coefficient (Wildman–Crippen LogP) is 4.58. The smallest absolute Gasteiger partial charge is 0.412 e. The number of hydrogen-bond donors (Lipinski definition) is 1. The number of nitrogens with zero attached hydrogens (tertiary/aromatic N) is 1. The minimum absolute atomic E-state index is 0.0935. The fourth-order valence-electron chi connectivity index (χ4n) is 3.65. The van der Waals surface area contributed by atoms with Crippen LogP contribution in [0.3, 0.4) is 0 Å². The van der Waals surface area contributed by atoms with E-state index in [0.29, 0.717) is 5.69 Å². The molecule has 0 radical (unpaired) electrons. The molecule has 0 spiro atoms. The van der Waals surface area contributed by atoms with Crippen molar-refractivity contribution in [3.05, 3.63) is 64.7 Å². The molecule has 176 valence electrons. The standard InChI is InChI=1S/C25H30N2O6/c1-16-11-18-13-21(22(28)31-5)27(24(30)32-15-17-9-7-6-8-10-17)14-19(18)12-20(16)26-23(29)33-25(2,3)4/h6-12,21H,13-15H2,1-5H3,(H,26,29)/t21-/m1/s1. The lowest BCUT2D eigenvalue weighted by Gasteiger charge is -2.35. The van der Waals surface area contributed by atoms with Crippen LogP contribution in [0.2, 0.25) is 0 Å². The summed E-state index contributed by atoms with van der Waals surface area (Å²) in [6.45, 7) is 7.47. The number of benzene rings is 2. The summed E-state index contributed by atoms with van der Waals surface area (Å²) >= 11 is 0. The monoisotopic (exact) mass is 454 g/mol. The van der Waals surface area contributed by atoms with Gasteiger partial charge in [0, 0.05) is 12.1 Å². The van der Waals surface area contributed by atoms with Gasteiger partial charge in [0.1, 0.15) is 18.2 Å². The fraction of sp³-hybridized carbons (Fsp3) is 0.400. The summed E-state index contributed by atoms with van der Waals surface area (Å²) in [6, 6.07) is 12.2. The first-order valence-electron chi connectivity index (χ1n) is 10.7. The van der Waals surface area contributed by atoms with E-state index in [-0.39, 0.29) is 19.6 Å². The molecule has 0 unspecified atom stereocenters. The molecule has 1 aliphatic rings. The molecule has 0 saturated carbocycles. The fourth-order valence-corrected chi connectivity index (χ4v) is 3.65. The normalized spacial score (nSPS) is 15.3. The van der Waals surface area contributed by atoms with Gasteiger partial charge in [-0.15, -0.1) is 0 Å². The van der Waals surface area contributed by atoms with Crippen molar-refractivity contribution in [1.82, 2.24) is 4.90 Å². The van der Waals surface area contributed by atoms with E-state index in [0.717, 1.165) is 22.3 Å². The molecule has 0 saturated heterocycles. The lowest BCUT2D eigenvalue weighted by Crippen LogP contribution is -2.49. The number of anilines is 1. The molecule has 33 heavy (non-hydrogen) atoms. The van der Waals surface area contributed by atoms with E-state index in [1.54, 1.807) is 26.8 Å². The molecule has 3 rings (SSSR count). The van der Waals surface area contributed by atoms with Crippen molar-refractivity contribution < 1.29 is 28.6 Å². The zero-order valence-corrected chi connectivity index (χ0v) is 19.6. The van der Waals surface area contributed by atoms with Gasteiger partial charge in [-0.05, 0) is 56.0 Å². The van der Waals surface area contributed by atoms with Crippen LogP contribution in [0, 0.1) is 6.92 Å². The number of aryl methyl sites for hydroxylation is 1. The molecular formula is C25H30N2O6. The molecule has 0 aromatic heterocycles. The van der Waals surface area contributed by atoms with Crippen molar-refractivity contribution >= 4 is 23.8 Å². The van der Waals surface area contributed by atoms with Crippen molar-refractivity contribution in [2.75, 3.05) is 12.4 Å². The Hall–Kier alpha value is -3.55. The van der Waals surface area contributed by atoms with Crippen molar-refractivity contribution in [1.29, 1.82) is 0 Å². The highest BCUT2D eigenvalue weighted by molar-refractivity contribution is 5.87. The number of amides is 2. The summed E-state index contributed by atoms with van der Waals surface area (Å²) in [5.74, 6) is -0.508. The number of hydrogen-bond acceptors (Lipinski definition) is 6. The lowest BCUT2D eigenvalue weighted by molar-refractivity contribution is -0.147. The predicted molar refractivity (Wildman–Crippen MR) is 123 cm³/mol. The quantitative estimate of drug-likeness (QED) is 0.537. The van der Waals surface area contributed by atoms with E-state index in [2.05, 4.69) is 5.32 Å². The highest BCUT2D eigenvalue weighted by atomic mass is 16.6. The Morgan fingerprint density at radius 1 is 1.09 bits per heavy atom. The molecule has 2 amide bonds. The Morgan fingerprint density at radius 2 is 1.79 bits per heavy atom. The summed E-state index contributed by atoms with van der Waals surface area (Å²) in [5, 5.41) is 2.77. The Labute approximate surface area is 193 Å². The molecule has 1 aliphatic heterocycles. The first-order valence-corrected chi connectivity index (χ1v) is 10.7. The summed E-state index contributed by atoms with van der Waals surface area (Å²) in [4.78, 5) is 39.0. The van der Waals surface area contributed by atoms with Crippen molar-refractivity contribution in [2.24, 2.45) is 0 Å². The number of esters is 1. The number of carbonyl (C=O) groups is 3. The number of carbonyl (C=O) groups excluding carboxylic acids is 3. The van der Waals surface area contributed by atoms with Crippen LogP contribution >= 0.6 is 0 Å². The van der Waals surface area contributed by atoms with Crippen LogP contribution in [0.4, 0.5) is 15.3 Å². The number of rotatable bonds is 4. The summed E-state index contributed by atoms with van der Waals surface area (Å²) < 4.78 is 15.8. The molecule has 0 fully saturated rings. The van der Waals surface area contributed by atoms with Gasteiger partial charge in [0.15, 0.2) is 0 Å². The van der Waals surface area contributed by atoms with Crippen LogP contribution in [0.25, 0.3) is 0 Å². The zero-order chi connectivity index (χ0) is 24.2. The summed E-state index contributed by atoms with van der Waals surface area (Å²) in [6.07, 6.45) is -0.884. The van der Waals surface area contributed by atoms with Gasteiger partial charge in [-0.25, -0.2) is 14.4 Å². The van der Waals surface area contributed by atoms with Crippen LogP contribution in [0.5, 0.6) is 0 Å². The van der Waals surface area contributed by atoms with Gasteiger partial charge in [0.05, 0.1) is 13.7 Å². The molecule has 0 bridgehead atoms. The van der Waals surface area contributed by atoms with Crippen molar-refractivity contribution in [2.45, 2.75) is 58.9 Å². The average molecular weight is 455 g/mol. The van der Waals surface area contributed by atoms with E-state index >= 15 is 0 Å². The maximum Gasteiger partial charge on any atom is 0.412 e. The van der Waals surface area contributed by atoms with Gasteiger partial charge in [0.25, 0.3) is 0 Å². The molecule has 1 N–H and O–H groups in total. The Bertz CT molecular complexity index is 1030. The van der Waals surface area contributed by atoms with Gasteiger partial charge in [-0.2, -0.15) is 0 Å². The second kappa shape index (κ2) is 9.94. The SMILES string of the molecule is COC(=O)[C@H]1Cc2cc(C)c(NC(=O)OC(C)(C)C)cc2CN1C(=O)OCc1ccccc1. The van der Waals surface area contributed by atoms with E-state index in [1.807, 2.05) is 43.3 Å². The third-order valence-electron chi connectivity index (χ3n) is 5.23. The summed E-state index contributed by atoms with van der Waals surface area (Å²) in [5.41, 5.74) is 3.34. The summed E-state index contributed by atoms with van der Waals surface area (Å²) in [7, 11) is 1.30. The highest BCUT2D eigenvalue weighted by Crippen LogP contribution is 2.30. The highest BCUT2D eigenvalue weighted by Gasteiger charge is 2.37. The molecule has 2 aromatic carbocycles. The van der Waals surface area contributed by atoms with Crippen molar-refractivity contribution in [3.8, 4) is 0 Å². The minimum atomic E-state index is -0.796.